The first-order chi connectivity index (χ1) is 15.2. The summed E-state index contributed by atoms with van der Waals surface area (Å²) in [5, 5.41) is 12.2. The van der Waals surface area contributed by atoms with Crippen molar-refractivity contribution in [1.82, 2.24) is 9.62 Å². The van der Waals surface area contributed by atoms with Gasteiger partial charge in [0.2, 0.25) is 10.0 Å². The third-order valence-corrected chi connectivity index (χ3v) is 7.61. The molecule has 11 heteroatoms. The fraction of sp³-hybridized carbons (Fsp3) is 0.571. The lowest BCUT2D eigenvalue weighted by Gasteiger charge is -2.32. The maximum Gasteiger partial charge on any atom is 0.338 e. The predicted molar refractivity (Wildman–Crippen MR) is 110 cm³/mol. The average molecular weight is 468 g/mol. The summed E-state index contributed by atoms with van der Waals surface area (Å²) in [6.45, 7) is 1.90. The number of sulfonamides is 1. The van der Waals surface area contributed by atoms with E-state index in [1.165, 1.54) is 6.92 Å². The molecule has 1 amide bonds. The van der Waals surface area contributed by atoms with Gasteiger partial charge in [-0.25, -0.2) is 17.6 Å². The quantitative estimate of drug-likeness (QED) is 0.632. The van der Waals surface area contributed by atoms with Crippen LogP contribution in [0, 0.1) is 17.1 Å². The summed E-state index contributed by atoms with van der Waals surface area (Å²) in [7, 11) is -4.17. The van der Waals surface area contributed by atoms with Crippen LogP contribution < -0.4 is 5.32 Å². The highest BCUT2D eigenvalue weighted by Gasteiger charge is 2.36. The van der Waals surface area contributed by atoms with Gasteiger partial charge in [0.15, 0.2) is 6.10 Å². The number of amides is 1. The summed E-state index contributed by atoms with van der Waals surface area (Å²) < 4.78 is 51.3. The molecule has 1 aliphatic heterocycles. The summed E-state index contributed by atoms with van der Waals surface area (Å²) in [6.07, 6.45) is 2.45. The number of carbonyl (C=O) groups is 2. The number of nitrogens with zero attached hydrogens (tertiary/aromatic N) is 2. The van der Waals surface area contributed by atoms with Crippen LogP contribution in [-0.4, -0.2) is 62.5 Å². The van der Waals surface area contributed by atoms with Crippen molar-refractivity contribution in [3.63, 3.8) is 0 Å². The van der Waals surface area contributed by atoms with Crippen molar-refractivity contribution in [2.24, 2.45) is 0 Å². The minimum Gasteiger partial charge on any atom is -0.449 e. The first-order valence-corrected chi connectivity index (χ1v) is 11.9. The van der Waals surface area contributed by atoms with E-state index >= 15 is 0 Å². The van der Waals surface area contributed by atoms with E-state index in [2.05, 4.69) is 11.4 Å². The van der Waals surface area contributed by atoms with Gasteiger partial charge < -0.3 is 14.8 Å². The van der Waals surface area contributed by atoms with Gasteiger partial charge in [-0.1, -0.05) is 19.3 Å². The van der Waals surface area contributed by atoms with E-state index in [0.29, 0.717) is 12.8 Å². The van der Waals surface area contributed by atoms with Crippen LogP contribution in [0.3, 0.4) is 0 Å². The van der Waals surface area contributed by atoms with E-state index < -0.39 is 44.3 Å². The van der Waals surface area contributed by atoms with Crippen LogP contribution in [-0.2, 0) is 24.3 Å². The lowest BCUT2D eigenvalue weighted by Crippen LogP contribution is -2.52. The fourth-order valence-corrected chi connectivity index (χ4v) is 5.29. The van der Waals surface area contributed by atoms with E-state index in [1.807, 2.05) is 0 Å². The Balaban J connectivity index is 1.71. The molecule has 2 fully saturated rings. The minimum absolute atomic E-state index is 0.0777. The molecule has 174 valence electrons. The first-order valence-electron chi connectivity index (χ1n) is 10.5. The summed E-state index contributed by atoms with van der Waals surface area (Å²) in [4.78, 5) is 24.4. The molecule has 1 aromatic carbocycles. The van der Waals surface area contributed by atoms with Crippen molar-refractivity contribution in [1.29, 1.82) is 5.26 Å². The molecular formula is C21H26FN3O6S. The molecule has 1 saturated heterocycles. The molecule has 1 unspecified atom stereocenters. The van der Waals surface area contributed by atoms with Crippen LogP contribution in [0.1, 0.15) is 49.4 Å². The molecular weight excluding hydrogens is 441 g/mol. The zero-order valence-corrected chi connectivity index (χ0v) is 18.6. The second-order valence-corrected chi connectivity index (χ2v) is 9.86. The molecule has 1 N–H and O–H groups in total. The number of esters is 1. The Labute approximate surface area is 186 Å². The van der Waals surface area contributed by atoms with Gasteiger partial charge in [0.1, 0.15) is 16.3 Å². The van der Waals surface area contributed by atoms with Crippen LogP contribution in [0.25, 0.3) is 0 Å². The van der Waals surface area contributed by atoms with Gasteiger partial charge in [-0.2, -0.15) is 9.57 Å². The third kappa shape index (κ3) is 5.26. The SMILES string of the molecule is CC(OC(=O)c1ccc(F)c(S(=O)(=O)N2CCOCC2)c1)C(=O)NC1(C#N)CCCCC1. The maximum atomic E-state index is 14.3. The Morgan fingerprint density at radius 2 is 1.91 bits per heavy atom. The molecule has 0 spiro atoms. The number of nitriles is 1. The van der Waals surface area contributed by atoms with Crippen LogP contribution >= 0.6 is 0 Å². The highest BCUT2D eigenvalue weighted by Crippen LogP contribution is 2.28. The second-order valence-electron chi connectivity index (χ2n) is 7.95. The molecule has 0 bridgehead atoms. The number of ether oxygens (including phenoxy) is 2. The van der Waals surface area contributed by atoms with Gasteiger partial charge in [0.05, 0.1) is 24.8 Å². The molecule has 1 atom stereocenters. The number of benzene rings is 1. The van der Waals surface area contributed by atoms with Crippen LogP contribution in [0.15, 0.2) is 23.1 Å². The van der Waals surface area contributed by atoms with Gasteiger partial charge in [-0.3, -0.25) is 4.79 Å². The van der Waals surface area contributed by atoms with Crippen LogP contribution in [0.5, 0.6) is 0 Å². The first kappa shape index (κ1) is 24.1. The van der Waals surface area contributed by atoms with Crippen molar-refractivity contribution in [2.75, 3.05) is 26.3 Å². The average Bonchev–Trinajstić information content (AvgIpc) is 2.80. The Bertz CT molecular complexity index is 1010. The van der Waals surface area contributed by atoms with E-state index in [9.17, 15) is 27.7 Å². The number of carbonyl (C=O) groups excluding carboxylic acids is 2. The van der Waals surface area contributed by atoms with Gasteiger partial charge in [0, 0.05) is 13.1 Å². The monoisotopic (exact) mass is 467 g/mol. The minimum atomic E-state index is -4.17. The summed E-state index contributed by atoms with van der Waals surface area (Å²) >= 11 is 0. The number of nitrogens with one attached hydrogen (secondary N) is 1. The number of hydrogen-bond donors (Lipinski definition) is 1. The molecule has 1 heterocycles. The number of rotatable bonds is 6. The van der Waals surface area contributed by atoms with Gasteiger partial charge in [0.25, 0.3) is 5.91 Å². The van der Waals surface area contributed by atoms with Crippen LogP contribution in [0.4, 0.5) is 4.39 Å². The van der Waals surface area contributed by atoms with E-state index in [4.69, 9.17) is 9.47 Å². The Morgan fingerprint density at radius 3 is 2.53 bits per heavy atom. The Morgan fingerprint density at radius 1 is 1.25 bits per heavy atom. The van der Waals surface area contributed by atoms with Crippen LogP contribution in [0.2, 0.25) is 0 Å². The molecule has 1 saturated carbocycles. The van der Waals surface area contributed by atoms with Gasteiger partial charge in [-0.05, 0) is 38.0 Å². The Hall–Kier alpha value is -2.55. The lowest BCUT2D eigenvalue weighted by atomic mass is 9.83. The van der Waals surface area contributed by atoms with Crippen molar-refractivity contribution in [3.8, 4) is 6.07 Å². The lowest BCUT2D eigenvalue weighted by molar-refractivity contribution is -0.130. The van der Waals surface area contributed by atoms with Crippen molar-refractivity contribution in [3.05, 3.63) is 29.6 Å². The largest absolute Gasteiger partial charge is 0.449 e. The highest BCUT2D eigenvalue weighted by molar-refractivity contribution is 7.89. The number of halogens is 1. The molecule has 0 aromatic heterocycles. The molecule has 3 rings (SSSR count). The fourth-order valence-electron chi connectivity index (χ4n) is 3.79. The van der Waals surface area contributed by atoms with Gasteiger partial charge >= 0.3 is 5.97 Å². The molecule has 1 aliphatic carbocycles. The molecule has 32 heavy (non-hydrogen) atoms. The standard InChI is InChI=1S/C21H26FN3O6S/c1-15(19(26)24-21(14-23)7-3-2-4-8-21)31-20(27)16-5-6-17(22)18(13-16)32(28,29)25-9-11-30-12-10-25/h5-6,13,15H,2-4,7-12H2,1H3,(H,24,26). The van der Waals surface area contributed by atoms with Crippen molar-refractivity contribution < 1.29 is 31.9 Å². The molecule has 9 nitrogen and oxygen atoms in total. The van der Waals surface area contributed by atoms with E-state index in [-0.39, 0.29) is 31.9 Å². The second kappa shape index (κ2) is 9.94. The van der Waals surface area contributed by atoms with Crippen molar-refractivity contribution >= 4 is 21.9 Å². The normalized spacial score (nSPS) is 20.0. The molecule has 2 aliphatic rings. The smallest absolute Gasteiger partial charge is 0.338 e. The Kier molecular flexibility index (Phi) is 7.48. The van der Waals surface area contributed by atoms with E-state index in [1.54, 1.807) is 0 Å². The zero-order valence-electron chi connectivity index (χ0n) is 17.8. The maximum absolute atomic E-state index is 14.3. The summed E-state index contributed by atoms with van der Waals surface area (Å²) in [6, 6.07) is 5.04. The highest BCUT2D eigenvalue weighted by atomic mass is 32.2. The van der Waals surface area contributed by atoms with E-state index in [0.717, 1.165) is 41.8 Å². The predicted octanol–water partition coefficient (Wildman–Crippen LogP) is 1.73. The number of hydrogen-bond acceptors (Lipinski definition) is 7. The summed E-state index contributed by atoms with van der Waals surface area (Å²) in [5.41, 5.74) is -1.18. The molecule has 0 radical (unpaired) electrons. The number of morpholine rings is 1. The van der Waals surface area contributed by atoms with Gasteiger partial charge in [-0.15, -0.1) is 0 Å². The topological polar surface area (TPSA) is 126 Å². The van der Waals surface area contributed by atoms with Crippen molar-refractivity contribution in [2.45, 2.75) is 55.6 Å². The summed E-state index contributed by atoms with van der Waals surface area (Å²) in [5.74, 6) is -2.59. The zero-order chi connectivity index (χ0) is 23.4. The third-order valence-electron chi connectivity index (χ3n) is 5.69. The molecule has 1 aromatic rings.